The van der Waals surface area contributed by atoms with Gasteiger partial charge >= 0.3 is 12.1 Å². The first kappa shape index (κ1) is 16.6. The van der Waals surface area contributed by atoms with Crippen molar-refractivity contribution in [2.24, 2.45) is 0 Å². The standard InChI is InChI=1S/C16H14ClNO5/c1-21-10-7-8-13(12(17)9-10)18-16(20)23-14-6-4-3-5-11(14)15(19)22-2/h3-9H,1-2H3,(H,18,20). The Morgan fingerprint density at radius 3 is 2.48 bits per heavy atom. The van der Waals surface area contributed by atoms with Crippen LogP contribution in [0.5, 0.6) is 11.5 Å². The number of methoxy groups -OCH3 is 2. The van der Waals surface area contributed by atoms with Gasteiger partial charge in [0.15, 0.2) is 0 Å². The summed E-state index contributed by atoms with van der Waals surface area (Å²) in [5.74, 6) is 0.0438. The average molecular weight is 336 g/mol. The molecule has 0 saturated heterocycles. The molecule has 0 aliphatic carbocycles. The molecule has 0 fully saturated rings. The lowest BCUT2D eigenvalue weighted by Crippen LogP contribution is -2.18. The molecule has 0 aliphatic rings. The lowest BCUT2D eigenvalue weighted by atomic mass is 10.2. The first-order valence-electron chi connectivity index (χ1n) is 6.55. The largest absolute Gasteiger partial charge is 0.497 e. The van der Waals surface area contributed by atoms with Crippen LogP contribution in [0.25, 0.3) is 0 Å². The summed E-state index contributed by atoms with van der Waals surface area (Å²) >= 11 is 6.04. The number of esters is 1. The molecule has 0 unspecified atom stereocenters. The number of benzene rings is 2. The van der Waals surface area contributed by atoms with E-state index in [0.29, 0.717) is 16.5 Å². The molecular formula is C16H14ClNO5. The summed E-state index contributed by atoms with van der Waals surface area (Å²) in [7, 11) is 2.76. The highest BCUT2D eigenvalue weighted by Crippen LogP contribution is 2.27. The van der Waals surface area contributed by atoms with Crippen LogP contribution in [0.4, 0.5) is 10.5 Å². The van der Waals surface area contributed by atoms with Crippen molar-refractivity contribution < 1.29 is 23.8 Å². The molecule has 6 nitrogen and oxygen atoms in total. The molecule has 0 saturated carbocycles. The second-order valence-electron chi connectivity index (χ2n) is 4.35. The van der Waals surface area contributed by atoms with Gasteiger partial charge in [-0.05, 0) is 24.3 Å². The molecule has 0 heterocycles. The summed E-state index contributed by atoms with van der Waals surface area (Å²) in [5.41, 5.74) is 0.499. The van der Waals surface area contributed by atoms with Gasteiger partial charge in [-0.1, -0.05) is 23.7 Å². The van der Waals surface area contributed by atoms with E-state index in [9.17, 15) is 9.59 Å². The van der Waals surface area contributed by atoms with E-state index in [-0.39, 0.29) is 11.3 Å². The summed E-state index contributed by atoms with van der Waals surface area (Å²) in [5, 5.41) is 2.79. The molecule has 0 radical (unpaired) electrons. The van der Waals surface area contributed by atoms with Gasteiger partial charge in [-0.25, -0.2) is 9.59 Å². The second kappa shape index (κ2) is 7.51. The van der Waals surface area contributed by atoms with E-state index in [4.69, 9.17) is 21.1 Å². The van der Waals surface area contributed by atoms with Gasteiger partial charge < -0.3 is 14.2 Å². The highest BCUT2D eigenvalue weighted by Gasteiger charge is 2.16. The molecule has 0 atom stereocenters. The Bertz CT molecular complexity index is 732. The molecular weight excluding hydrogens is 322 g/mol. The van der Waals surface area contributed by atoms with Crippen LogP contribution in [-0.4, -0.2) is 26.3 Å². The molecule has 2 aromatic rings. The van der Waals surface area contributed by atoms with Gasteiger partial charge in [0.2, 0.25) is 0 Å². The summed E-state index contributed by atoms with van der Waals surface area (Å²) < 4.78 is 14.8. The SMILES string of the molecule is COC(=O)c1ccccc1OC(=O)Nc1ccc(OC)cc1Cl. The van der Waals surface area contributed by atoms with Gasteiger partial charge in [0.05, 0.1) is 24.9 Å². The third-order valence-electron chi connectivity index (χ3n) is 2.91. The molecule has 0 bridgehead atoms. The minimum absolute atomic E-state index is 0.0847. The van der Waals surface area contributed by atoms with Crippen LogP contribution in [0.2, 0.25) is 5.02 Å². The Kier molecular flexibility index (Phi) is 5.43. The van der Waals surface area contributed by atoms with Crippen molar-refractivity contribution in [1.82, 2.24) is 0 Å². The topological polar surface area (TPSA) is 73.9 Å². The molecule has 1 N–H and O–H groups in total. The maximum Gasteiger partial charge on any atom is 0.417 e. The molecule has 0 aromatic heterocycles. The zero-order valence-electron chi connectivity index (χ0n) is 12.5. The molecule has 2 aromatic carbocycles. The van der Waals surface area contributed by atoms with Gasteiger partial charge in [0, 0.05) is 6.07 Å². The van der Waals surface area contributed by atoms with Crippen molar-refractivity contribution in [2.75, 3.05) is 19.5 Å². The highest BCUT2D eigenvalue weighted by molar-refractivity contribution is 6.33. The van der Waals surface area contributed by atoms with Crippen LogP contribution >= 0.6 is 11.6 Å². The zero-order chi connectivity index (χ0) is 16.8. The summed E-state index contributed by atoms with van der Waals surface area (Å²) in [6.07, 6.45) is -0.784. The van der Waals surface area contributed by atoms with Crippen molar-refractivity contribution in [2.45, 2.75) is 0 Å². The molecule has 23 heavy (non-hydrogen) atoms. The zero-order valence-corrected chi connectivity index (χ0v) is 13.2. The van der Waals surface area contributed by atoms with E-state index >= 15 is 0 Å². The van der Waals surface area contributed by atoms with Crippen molar-refractivity contribution in [3.05, 3.63) is 53.1 Å². The van der Waals surface area contributed by atoms with Crippen LogP contribution in [0.1, 0.15) is 10.4 Å². The number of hydrogen-bond donors (Lipinski definition) is 1. The number of carbonyl (C=O) groups is 2. The van der Waals surface area contributed by atoms with E-state index in [1.54, 1.807) is 30.3 Å². The van der Waals surface area contributed by atoms with Gasteiger partial charge in [0.1, 0.15) is 17.1 Å². The normalized spacial score (nSPS) is 9.87. The van der Waals surface area contributed by atoms with Crippen molar-refractivity contribution in [3.63, 3.8) is 0 Å². The number of para-hydroxylation sites is 1. The molecule has 7 heteroatoms. The molecule has 2 rings (SSSR count). The minimum Gasteiger partial charge on any atom is -0.497 e. The third-order valence-corrected chi connectivity index (χ3v) is 3.22. The van der Waals surface area contributed by atoms with Gasteiger partial charge in [-0.2, -0.15) is 0 Å². The van der Waals surface area contributed by atoms with E-state index < -0.39 is 12.1 Å². The van der Waals surface area contributed by atoms with Crippen LogP contribution in [0.15, 0.2) is 42.5 Å². The maximum atomic E-state index is 12.0. The number of hydrogen-bond acceptors (Lipinski definition) is 5. The number of amides is 1. The van der Waals surface area contributed by atoms with Crippen molar-refractivity contribution in [1.29, 1.82) is 0 Å². The van der Waals surface area contributed by atoms with Crippen LogP contribution in [0.3, 0.4) is 0 Å². The quantitative estimate of drug-likeness (QED) is 0.861. The maximum absolute atomic E-state index is 12.0. The number of carbonyl (C=O) groups excluding carboxylic acids is 2. The molecule has 1 amide bonds. The minimum atomic E-state index is -0.784. The van der Waals surface area contributed by atoms with Gasteiger partial charge in [-0.15, -0.1) is 0 Å². The number of nitrogens with one attached hydrogen (secondary N) is 1. The van der Waals surface area contributed by atoms with Crippen LogP contribution in [0, 0.1) is 0 Å². The van der Waals surface area contributed by atoms with Crippen molar-refractivity contribution >= 4 is 29.4 Å². The Hall–Kier alpha value is -2.73. The first-order valence-corrected chi connectivity index (χ1v) is 6.92. The number of anilines is 1. The van der Waals surface area contributed by atoms with E-state index in [2.05, 4.69) is 10.1 Å². The Labute approximate surface area is 137 Å². The van der Waals surface area contributed by atoms with Gasteiger partial charge in [-0.3, -0.25) is 5.32 Å². The van der Waals surface area contributed by atoms with Gasteiger partial charge in [0.25, 0.3) is 0 Å². The average Bonchev–Trinajstić information content (AvgIpc) is 2.56. The summed E-state index contributed by atoms with van der Waals surface area (Å²) in [6.45, 7) is 0. The first-order chi connectivity index (χ1) is 11.0. The Morgan fingerprint density at radius 1 is 1.09 bits per heavy atom. The van der Waals surface area contributed by atoms with E-state index in [0.717, 1.165) is 0 Å². The molecule has 0 spiro atoms. The second-order valence-corrected chi connectivity index (χ2v) is 4.76. The third kappa shape index (κ3) is 4.14. The number of halogens is 1. The van der Waals surface area contributed by atoms with Crippen LogP contribution < -0.4 is 14.8 Å². The predicted molar refractivity (Wildman–Crippen MR) is 85.4 cm³/mol. The monoisotopic (exact) mass is 335 g/mol. The lowest BCUT2D eigenvalue weighted by Gasteiger charge is -2.11. The number of rotatable bonds is 4. The van der Waals surface area contributed by atoms with Crippen molar-refractivity contribution in [3.8, 4) is 11.5 Å². The molecule has 0 aliphatic heterocycles. The predicted octanol–water partition coefficient (Wildman–Crippen LogP) is 3.75. The molecule has 120 valence electrons. The Balaban J connectivity index is 2.13. The fourth-order valence-electron chi connectivity index (χ4n) is 1.79. The highest BCUT2D eigenvalue weighted by atomic mass is 35.5. The lowest BCUT2D eigenvalue weighted by molar-refractivity contribution is 0.0598. The smallest absolute Gasteiger partial charge is 0.417 e. The summed E-state index contributed by atoms with van der Waals surface area (Å²) in [4.78, 5) is 23.6. The fourth-order valence-corrected chi connectivity index (χ4v) is 2.01. The van der Waals surface area contributed by atoms with Crippen LogP contribution in [-0.2, 0) is 4.74 Å². The fraction of sp³-hybridized carbons (Fsp3) is 0.125. The van der Waals surface area contributed by atoms with E-state index in [1.807, 2.05) is 0 Å². The Morgan fingerprint density at radius 2 is 1.83 bits per heavy atom. The summed E-state index contributed by atoms with van der Waals surface area (Å²) in [6, 6.07) is 11.0. The van der Waals surface area contributed by atoms with E-state index in [1.165, 1.54) is 26.4 Å². The number of ether oxygens (including phenoxy) is 3.